The maximum atomic E-state index is 11.3. The summed E-state index contributed by atoms with van der Waals surface area (Å²) in [6.45, 7) is 0. The SMILES string of the molecule is Nc1[nH]ncc1-c1cccc2c1NC(=O)C2. The number of nitrogen functional groups attached to an aromatic ring is 1. The quantitative estimate of drug-likeness (QED) is 0.665. The zero-order valence-corrected chi connectivity index (χ0v) is 8.45. The summed E-state index contributed by atoms with van der Waals surface area (Å²) in [5.41, 5.74) is 9.35. The molecule has 16 heavy (non-hydrogen) atoms. The van der Waals surface area contributed by atoms with Crippen LogP contribution >= 0.6 is 0 Å². The number of hydrogen-bond donors (Lipinski definition) is 3. The van der Waals surface area contributed by atoms with E-state index in [1.165, 1.54) is 0 Å². The predicted molar refractivity (Wildman–Crippen MR) is 60.8 cm³/mol. The first-order valence-corrected chi connectivity index (χ1v) is 4.96. The minimum Gasteiger partial charge on any atom is -0.384 e. The average molecular weight is 214 g/mol. The number of carbonyl (C=O) groups is 1. The van der Waals surface area contributed by atoms with Gasteiger partial charge >= 0.3 is 0 Å². The topological polar surface area (TPSA) is 83.8 Å². The Morgan fingerprint density at radius 1 is 1.31 bits per heavy atom. The third-order valence-electron chi connectivity index (χ3n) is 2.73. The fraction of sp³-hybridized carbons (Fsp3) is 0.0909. The smallest absolute Gasteiger partial charge is 0.228 e. The van der Waals surface area contributed by atoms with Crippen LogP contribution in [0.15, 0.2) is 24.4 Å². The number of nitrogens with zero attached hydrogens (tertiary/aromatic N) is 1. The third-order valence-corrected chi connectivity index (χ3v) is 2.73. The van der Waals surface area contributed by atoms with Crippen molar-refractivity contribution in [1.29, 1.82) is 0 Å². The van der Waals surface area contributed by atoms with Crippen molar-refractivity contribution in [2.45, 2.75) is 6.42 Å². The molecule has 0 radical (unpaired) electrons. The van der Waals surface area contributed by atoms with Crippen molar-refractivity contribution in [3.63, 3.8) is 0 Å². The molecular weight excluding hydrogens is 204 g/mol. The number of hydrogen-bond acceptors (Lipinski definition) is 3. The second-order valence-corrected chi connectivity index (χ2v) is 3.76. The van der Waals surface area contributed by atoms with E-state index in [9.17, 15) is 4.79 Å². The van der Waals surface area contributed by atoms with Crippen molar-refractivity contribution in [3.8, 4) is 11.1 Å². The zero-order valence-electron chi connectivity index (χ0n) is 8.45. The normalized spacial score (nSPS) is 13.6. The first-order chi connectivity index (χ1) is 7.75. The van der Waals surface area contributed by atoms with Crippen LogP contribution in [0.3, 0.4) is 0 Å². The van der Waals surface area contributed by atoms with Crippen molar-refractivity contribution < 1.29 is 4.79 Å². The maximum Gasteiger partial charge on any atom is 0.228 e. The molecular formula is C11H10N4O. The Morgan fingerprint density at radius 2 is 2.19 bits per heavy atom. The number of H-pyrrole nitrogens is 1. The van der Waals surface area contributed by atoms with Gasteiger partial charge in [0.15, 0.2) is 0 Å². The van der Waals surface area contributed by atoms with Crippen LogP contribution in [0.2, 0.25) is 0 Å². The van der Waals surface area contributed by atoms with Gasteiger partial charge in [0.2, 0.25) is 5.91 Å². The van der Waals surface area contributed by atoms with Crippen molar-refractivity contribution in [2.24, 2.45) is 0 Å². The second-order valence-electron chi connectivity index (χ2n) is 3.76. The molecule has 1 amide bonds. The Hall–Kier alpha value is -2.30. The largest absolute Gasteiger partial charge is 0.384 e. The number of aromatic nitrogens is 2. The highest BCUT2D eigenvalue weighted by molar-refractivity contribution is 6.04. The van der Waals surface area contributed by atoms with Gasteiger partial charge in [0.05, 0.1) is 18.3 Å². The number of fused-ring (bicyclic) bond motifs is 1. The lowest BCUT2D eigenvalue weighted by Gasteiger charge is -2.06. The number of rotatable bonds is 1. The molecule has 1 aromatic heterocycles. The van der Waals surface area contributed by atoms with E-state index in [2.05, 4.69) is 15.5 Å². The number of nitrogens with two attached hydrogens (primary N) is 1. The van der Waals surface area contributed by atoms with Crippen molar-refractivity contribution >= 4 is 17.4 Å². The number of para-hydroxylation sites is 1. The molecule has 80 valence electrons. The number of carbonyl (C=O) groups excluding carboxylic acids is 1. The lowest BCUT2D eigenvalue weighted by Crippen LogP contribution is -2.04. The first-order valence-electron chi connectivity index (χ1n) is 4.96. The Kier molecular flexibility index (Phi) is 1.73. The highest BCUT2D eigenvalue weighted by Crippen LogP contribution is 2.36. The molecule has 2 heterocycles. The Labute approximate surface area is 91.7 Å². The zero-order chi connectivity index (χ0) is 11.1. The predicted octanol–water partition coefficient (Wildman–Crippen LogP) is 1.15. The second kappa shape index (κ2) is 3.10. The summed E-state index contributed by atoms with van der Waals surface area (Å²) in [5.74, 6) is 0.527. The van der Waals surface area contributed by atoms with Gasteiger partial charge in [-0.1, -0.05) is 18.2 Å². The van der Waals surface area contributed by atoms with E-state index in [0.29, 0.717) is 12.2 Å². The summed E-state index contributed by atoms with van der Waals surface area (Å²) in [7, 11) is 0. The molecule has 0 fully saturated rings. The molecule has 0 saturated heterocycles. The molecule has 0 aliphatic carbocycles. The number of aromatic amines is 1. The molecule has 0 bridgehead atoms. The lowest BCUT2D eigenvalue weighted by atomic mass is 10.0. The van der Waals surface area contributed by atoms with E-state index >= 15 is 0 Å². The summed E-state index contributed by atoms with van der Waals surface area (Å²) >= 11 is 0. The van der Waals surface area contributed by atoms with Crippen LogP contribution in [0.5, 0.6) is 0 Å². The van der Waals surface area contributed by atoms with Gasteiger partial charge in [0.25, 0.3) is 0 Å². The van der Waals surface area contributed by atoms with Gasteiger partial charge in [0, 0.05) is 11.1 Å². The highest BCUT2D eigenvalue weighted by Gasteiger charge is 2.21. The van der Waals surface area contributed by atoms with E-state index in [0.717, 1.165) is 22.4 Å². The van der Waals surface area contributed by atoms with Crippen LogP contribution in [-0.2, 0) is 11.2 Å². The summed E-state index contributed by atoms with van der Waals surface area (Å²) in [6.07, 6.45) is 2.09. The van der Waals surface area contributed by atoms with Crippen LogP contribution in [0, 0.1) is 0 Å². The van der Waals surface area contributed by atoms with Crippen LogP contribution < -0.4 is 11.1 Å². The van der Waals surface area contributed by atoms with E-state index in [1.807, 2.05) is 18.2 Å². The van der Waals surface area contributed by atoms with Crippen LogP contribution in [0.1, 0.15) is 5.56 Å². The van der Waals surface area contributed by atoms with Gasteiger partial charge in [-0.05, 0) is 5.56 Å². The standard InChI is InChI=1S/C11H10N4O/c12-11-8(5-13-15-11)7-3-1-2-6-4-9(16)14-10(6)7/h1-3,5H,4H2,(H,14,16)(H3,12,13,15). The molecule has 3 rings (SSSR count). The van der Waals surface area contributed by atoms with E-state index in [-0.39, 0.29) is 5.91 Å². The molecule has 1 aliphatic rings. The van der Waals surface area contributed by atoms with Crippen molar-refractivity contribution in [3.05, 3.63) is 30.0 Å². The lowest BCUT2D eigenvalue weighted by molar-refractivity contribution is -0.115. The highest BCUT2D eigenvalue weighted by atomic mass is 16.1. The molecule has 5 heteroatoms. The molecule has 0 atom stereocenters. The van der Waals surface area contributed by atoms with Crippen molar-refractivity contribution in [2.75, 3.05) is 11.1 Å². The van der Waals surface area contributed by atoms with Gasteiger partial charge in [-0.2, -0.15) is 5.10 Å². The molecule has 1 aliphatic heterocycles. The van der Waals surface area contributed by atoms with Crippen LogP contribution in [0.4, 0.5) is 11.5 Å². The fourth-order valence-electron chi connectivity index (χ4n) is 1.99. The fourth-order valence-corrected chi connectivity index (χ4v) is 1.99. The Morgan fingerprint density at radius 3 is 2.94 bits per heavy atom. The minimum atomic E-state index is 0.0181. The van der Waals surface area contributed by atoms with Gasteiger partial charge in [-0.25, -0.2) is 0 Å². The summed E-state index contributed by atoms with van der Waals surface area (Å²) in [5, 5.41) is 9.41. The molecule has 0 spiro atoms. The summed E-state index contributed by atoms with van der Waals surface area (Å²) in [6, 6.07) is 5.78. The first kappa shape index (κ1) is 8.96. The van der Waals surface area contributed by atoms with Crippen molar-refractivity contribution in [1.82, 2.24) is 10.2 Å². The number of anilines is 2. The van der Waals surface area contributed by atoms with Gasteiger partial charge in [-0.3, -0.25) is 9.89 Å². The third kappa shape index (κ3) is 1.18. The number of nitrogens with one attached hydrogen (secondary N) is 2. The maximum absolute atomic E-state index is 11.3. The molecule has 5 nitrogen and oxygen atoms in total. The van der Waals surface area contributed by atoms with Gasteiger partial charge in [-0.15, -0.1) is 0 Å². The summed E-state index contributed by atoms with van der Waals surface area (Å²) < 4.78 is 0. The monoisotopic (exact) mass is 214 g/mol. The van der Waals surface area contributed by atoms with Crippen LogP contribution in [0.25, 0.3) is 11.1 Å². The Balaban J connectivity index is 2.21. The Bertz CT molecular complexity index is 573. The van der Waals surface area contributed by atoms with E-state index in [4.69, 9.17) is 5.73 Å². The summed E-state index contributed by atoms with van der Waals surface area (Å²) in [4.78, 5) is 11.3. The van der Waals surface area contributed by atoms with E-state index in [1.54, 1.807) is 6.20 Å². The van der Waals surface area contributed by atoms with Crippen LogP contribution in [-0.4, -0.2) is 16.1 Å². The molecule has 2 aromatic rings. The average Bonchev–Trinajstić information content (AvgIpc) is 2.82. The van der Waals surface area contributed by atoms with Gasteiger partial charge in [0.1, 0.15) is 5.82 Å². The van der Waals surface area contributed by atoms with E-state index < -0.39 is 0 Å². The molecule has 4 N–H and O–H groups in total. The molecule has 1 aromatic carbocycles. The molecule has 0 saturated carbocycles. The number of benzene rings is 1. The number of amides is 1. The van der Waals surface area contributed by atoms with Gasteiger partial charge < -0.3 is 11.1 Å². The minimum absolute atomic E-state index is 0.0181. The molecule has 0 unspecified atom stereocenters.